The van der Waals surface area contributed by atoms with Crippen molar-refractivity contribution in [3.05, 3.63) is 10.1 Å². The Hall–Kier alpha value is -1.81. The third-order valence-corrected chi connectivity index (χ3v) is 1.79. The van der Waals surface area contributed by atoms with Crippen LogP contribution in [0.3, 0.4) is 0 Å². The van der Waals surface area contributed by atoms with E-state index in [1.807, 2.05) is 6.92 Å². The molecule has 0 aromatic rings. The normalized spacial score (nSPS) is 11.3. The topological polar surface area (TPSA) is 87.9 Å². The van der Waals surface area contributed by atoms with Crippen molar-refractivity contribution in [2.45, 2.75) is 32.3 Å². The van der Waals surface area contributed by atoms with Crippen LogP contribution in [0.25, 0.3) is 0 Å². The molecule has 102 valence electrons. The highest BCUT2D eigenvalue weighted by atomic mass is 17.0. The first-order chi connectivity index (χ1) is 8.60. The highest BCUT2D eigenvalue weighted by Gasteiger charge is 2.16. The number of hydrogen-bond donors (Lipinski definition) is 0. The lowest BCUT2D eigenvalue weighted by Crippen LogP contribution is -2.29. The lowest BCUT2D eigenvalue weighted by molar-refractivity contribution is -0.759. The van der Waals surface area contributed by atoms with Gasteiger partial charge in [-0.25, -0.2) is 0 Å². The van der Waals surface area contributed by atoms with Crippen molar-refractivity contribution in [2.75, 3.05) is 19.8 Å². The lowest BCUT2D eigenvalue weighted by atomic mass is 10.3. The van der Waals surface area contributed by atoms with Crippen LogP contribution < -0.4 is 0 Å². The van der Waals surface area contributed by atoms with Gasteiger partial charge in [-0.3, -0.25) is 4.79 Å². The minimum Gasteiger partial charge on any atom is -0.458 e. The van der Waals surface area contributed by atoms with Gasteiger partial charge >= 0.3 is 5.97 Å². The molecule has 7 nitrogen and oxygen atoms in total. The van der Waals surface area contributed by atoms with Gasteiger partial charge in [0.25, 0.3) is 5.09 Å². The second kappa shape index (κ2) is 10.4. The second-order valence-corrected chi connectivity index (χ2v) is 3.41. The van der Waals surface area contributed by atoms with Crippen molar-refractivity contribution in [1.29, 1.82) is 0 Å². The van der Waals surface area contributed by atoms with Crippen LogP contribution in [0.15, 0.2) is 0 Å². The number of nitrogens with zero attached hydrogens (tertiary/aromatic N) is 1. The van der Waals surface area contributed by atoms with E-state index in [2.05, 4.69) is 10.8 Å². The Morgan fingerprint density at radius 2 is 2.22 bits per heavy atom. The van der Waals surface area contributed by atoms with Gasteiger partial charge in [0, 0.05) is 13.0 Å². The van der Waals surface area contributed by atoms with Gasteiger partial charge in [-0.15, -0.1) is 22.5 Å². The minimum absolute atomic E-state index is 0.0590. The van der Waals surface area contributed by atoms with Crippen LogP contribution in [-0.4, -0.2) is 37.0 Å². The van der Waals surface area contributed by atoms with Crippen LogP contribution in [0.5, 0.6) is 0 Å². The maximum absolute atomic E-state index is 11.3. The Morgan fingerprint density at radius 1 is 1.50 bits per heavy atom. The van der Waals surface area contributed by atoms with E-state index in [4.69, 9.17) is 15.9 Å². The largest absolute Gasteiger partial charge is 0.458 e. The minimum atomic E-state index is -0.942. The summed E-state index contributed by atoms with van der Waals surface area (Å²) >= 11 is 0. The van der Waals surface area contributed by atoms with Crippen molar-refractivity contribution in [2.24, 2.45) is 0 Å². The van der Waals surface area contributed by atoms with Crippen LogP contribution in [-0.2, 0) is 19.1 Å². The fraction of sp³-hybridized carbons (Fsp3) is 0.727. The zero-order chi connectivity index (χ0) is 13.8. The van der Waals surface area contributed by atoms with Crippen LogP contribution in [0, 0.1) is 22.5 Å². The van der Waals surface area contributed by atoms with Crippen molar-refractivity contribution in [3.63, 3.8) is 0 Å². The number of carbonyl (C=O) groups is 1. The standard InChI is InChI=1S/C11H17NO6/c1-3-5-6-11(13)18-10(8-16-7-4-2)9-17-12(14)15/h1,10H,4-9H2,2H3. The lowest BCUT2D eigenvalue weighted by Gasteiger charge is -2.16. The first-order valence-corrected chi connectivity index (χ1v) is 5.58. The van der Waals surface area contributed by atoms with E-state index in [0.717, 1.165) is 6.42 Å². The summed E-state index contributed by atoms with van der Waals surface area (Å²) in [5, 5.41) is 9.12. The van der Waals surface area contributed by atoms with Gasteiger partial charge in [0.1, 0.15) is 12.7 Å². The van der Waals surface area contributed by atoms with Crippen molar-refractivity contribution in [1.82, 2.24) is 0 Å². The molecule has 0 spiro atoms. The van der Waals surface area contributed by atoms with Crippen molar-refractivity contribution in [3.8, 4) is 12.3 Å². The zero-order valence-electron chi connectivity index (χ0n) is 10.3. The number of esters is 1. The van der Waals surface area contributed by atoms with E-state index in [-0.39, 0.29) is 26.1 Å². The van der Waals surface area contributed by atoms with E-state index < -0.39 is 17.2 Å². The maximum Gasteiger partial charge on any atom is 0.307 e. The first kappa shape index (κ1) is 16.2. The van der Waals surface area contributed by atoms with Crippen LogP contribution in [0.2, 0.25) is 0 Å². The summed E-state index contributed by atoms with van der Waals surface area (Å²) in [5.41, 5.74) is 0. The summed E-state index contributed by atoms with van der Waals surface area (Å²) < 4.78 is 10.1. The van der Waals surface area contributed by atoms with E-state index in [9.17, 15) is 14.9 Å². The van der Waals surface area contributed by atoms with E-state index in [1.165, 1.54) is 0 Å². The Balaban J connectivity index is 4.06. The van der Waals surface area contributed by atoms with Crippen LogP contribution in [0.4, 0.5) is 0 Å². The average molecular weight is 259 g/mol. The molecule has 0 saturated heterocycles. The summed E-state index contributed by atoms with van der Waals surface area (Å²) in [6, 6.07) is 0. The van der Waals surface area contributed by atoms with Gasteiger partial charge in [-0.05, 0) is 6.42 Å². The molecule has 0 aliphatic carbocycles. The smallest absolute Gasteiger partial charge is 0.307 e. The number of carbonyl (C=O) groups excluding carboxylic acids is 1. The van der Waals surface area contributed by atoms with Gasteiger partial charge < -0.3 is 14.3 Å². The van der Waals surface area contributed by atoms with Gasteiger partial charge in [-0.1, -0.05) is 6.92 Å². The predicted molar refractivity (Wildman–Crippen MR) is 62.0 cm³/mol. The van der Waals surface area contributed by atoms with Gasteiger partial charge in [-0.2, -0.15) is 0 Å². The molecule has 0 aliphatic rings. The third-order valence-electron chi connectivity index (χ3n) is 1.79. The average Bonchev–Trinajstić information content (AvgIpc) is 2.33. The fourth-order valence-electron chi connectivity index (χ4n) is 1.04. The molecular formula is C11H17NO6. The van der Waals surface area contributed by atoms with E-state index in [0.29, 0.717) is 6.61 Å². The number of terminal acetylenes is 1. The Kier molecular flexibility index (Phi) is 9.31. The summed E-state index contributed by atoms with van der Waals surface area (Å²) in [6.45, 7) is 2.11. The molecule has 0 heterocycles. The number of rotatable bonds is 10. The quantitative estimate of drug-likeness (QED) is 0.191. The first-order valence-electron chi connectivity index (χ1n) is 5.58. The van der Waals surface area contributed by atoms with Crippen molar-refractivity contribution >= 4 is 5.97 Å². The second-order valence-electron chi connectivity index (χ2n) is 3.41. The molecule has 1 atom stereocenters. The van der Waals surface area contributed by atoms with Gasteiger partial charge in [0.15, 0.2) is 0 Å². The third kappa shape index (κ3) is 9.42. The molecule has 0 radical (unpaired) electrons. The molecular weight excluding hydrogens is 242 g/mol. The molecule has 0 saturated carbocycles. The molecule has 0 N–H and O–H groups in total. The summed E-state index contributed by atoms with van der Waals surface area (Å²) in [6.07, 6.45) is 5.34. The van der Waals surface area contributed by atoms with E-state index in [1.54, 1.807) is 0 Å². The molecule has 7 heteroatoms. The molecule has 0 bridgehead atoms. The fourth-order valence-corrected chi connectivity index (χ4v) is 1.04. The zero-order valence-corrected chi connectivity index (χ0v) is 10.3. The molecule has 18 heavy (non-hydrogen) atoms. The molecule has 1 unspecified atom stereocenters. The molecule has 0 amide bonds. The van der Waals surface area contributed by atoms with Crippen LogP contribution >= 0.6 is 0 Å². The Morgan fingerprint density at radius 3 is 2.78 bits per heavy atom. The SMILES string of the molecule is C#CCCC(=O)OC(COCCC)CO[N+](=O)[O-]. The maximum atomic E-state index is 11.3. The number of hydrogen-bond acceptors (Lipinski definition) is 6. The summed E-state index contributed by atoms with van der Waals surface area (Å²) in [5.74, 6) is 1.78. The van der Waals surface area contributed by atoms with Gasteiger partial charge in [0.05, 0.1) is 13.0 Å². The summed E-state index contributed by atoms with van der Waals surface area (Å²) in [7, 11) is 0. The molecule has 0 aromatic heterocycles. The number of ether oxygens (including phenoxy) is 2. The van der Waals surface area contributed by atoms with Crippen LogP contribution in [0.1, 0.15) is 26.2 Å². The molecule has 0 aromatic carbocycles. The Labute approximate surface area is 105 Å². The van der Waals surface area contributed by atoms with Crippen molar-refractivity contribution < 1.29 is 24.2 Å². The monoisotopic (exact) mass is 259 g/mol. The molecule has 0 rings (SSSR count). The Bertz CT molecular complexity index is 298. The molecule has 0 fully saturated rings. The van der Waals surface area contributed by atoms with E-state index >= 15 is 0 Å². The highest BCUT2D eigenvalue weighted by molar-refractivity contribution is 5.69. The molecule has 0 aliphatic heterocycles. The highest BCUT2D eigenvalue weighted by Crippen LogP contribution is 2.01. The van der Waals surface area contributed by atoms with Gasteiger partial charge in [0.2, 0.25) is 0 Å². The predicted octanol–water partition coefficient (Wildman–Crippen LogP) is 0.947. The summed E-state index contributed by atoms with van der Waals surface area (Å²) in [4.78, 5) is 25.5.